The van der Waals surface area contributed by atoms with Gasteiger partial charge in [0.1, 0.15) is 18.4 Å². The molecule has 1 saturated heterocycles. The molecule has 130 valence electrons. The molecule has 2 unspecified atom stereocenters. The SMILES string of the molecule is O=C(NC(CC1CC1)C(=O)O)c1ccc(OCC2CCCO2)cc1. The number of aliphatic carboxylic acids is 1. The van der Waals surface area contributed by atoms with Gasteiger partial charge in [0.05, 0.1) is 6.10 Å². The maximum atomic E-state index is 12.2. The summed E-state index contributed by atoms with van der Waals surface area (Å²) in [5.41, 5.74) is 0.432. The van der Waals surface area contributed by atoms with Gasteiger partial charge in [0.25, 0.3) is 5.91 Å². The van der Waals surface area contributed by atoms with E-state index in [-0.39, 0.29) is 12.0 Å². The molecule has 2 N–H and O–H groups in total. The average Bonchev–Trinajstić information content (AvgIpc) is 3.24. The molecule has 3 rings (SSSR count). The molecule has 1 aliphatic carbocycles. The van der Waals surface area contributed by atoms with Gasteiger partial charge in [-0.3, -0.25) is 4.79 Å². The molecule has 1 saturated carbocycles. The number of rotatable bonds is 8. The van der Waals surface area contributed by atoms with Crippen LogP contribution in [0.1, 0.15) is 42.5 Å². The third-order valence-electron chi connectivity index (χ3n) is 4.45. The van der Waals surface area contributed by atoms with Crippen LogP contribution in [0, 0.1) is 5.92 Å². The maximum absolute atomic E-state index is 12.2. The molecule has 1 aliphatic heterocycles. The second kappa shape index (κ2) is 7.66. The Kier molecular flexibility index (Phi) is 5.35. The van der Waals surface area contributed by atoms with E-state index in [9.17, 15) is 14.7 Å². The summed E-state index contributed by atoms with van der Waals surface area (Å²) in [4.78, 5) is 23.5. The van der Waals surface area contributed by atoms with Crippen LogP contribution in [0.15, 0.2) is 24.3 Å². The summed E-state index contributed by atoms with van der Waals surface area (Å²) in [5.74, 6) is -0.240. The van der Waals surface area contributed by atoms with Crippen molar-refractivity contribution < 1.29 is 24.2 Å². The van der Waals surface area contributed by atoms with Gasteiger partial charge in [-0.15, -0.1) is 0 Å². The van der Waals surface area contributed by atoms with Crippen LogP contribution in [0.4, 0.5) is 0 Å². The summed E-state index contributed by atoms with van der Waals surface area (Å²) in [6.07, 6.45) is 4.83. The fourth-order valence-corrected chi connectivity index (χ4v) is 2.82. The average molecular weight is 333 g/mol. The number of amides is 1. The van der Waals surface area contributed by atoms with Gasteiger partial charge in [-0.05, 0) is 49.4 Å². The highest BCUT2D eigenvalue weighted by Gasteiger charge is 2.30. The molecule has 1 heterocycles. The third kappa shape index (κ3) is 4.71. The Morgan fingerprint density at radius 1 is 1.25 bits per heavy atom. The summed E-state index contributed by atoms with van der Waals surface area (Å²) in [5, 5.41) is 11.8. The van der Waals surface area contributed by atoms with Crippen LogP contribution >= 0.6 is 0 Å². The van der Waals surface area contributed by atoms with Crippen LogP contribution in [-0.4, -0.2) is 42.3 Å². The lowest BCUT2D eigenvalue weighted by atomic mass is 10.1. The van der Waals surface area contributed by atoms with Gasteiger partial charge in [-0.1, -0.05) is 12.8 Å². The molecule has 6 nitrogen and oxygen atoms in total. The van der Waals surface area contributed by atoms with Gasteiger partial charge in [0.15, 0.2) is 0 Å². The highest BCUT2D eigenvalue weighted by molar-refractivity contribution is 5.96. The van der Waals surface area contributed by atoms with Crippen molar-refractivity contribution in [2.24, 2.45) is 5.92 Å². The van der Waals surface area contributed by atoms with Crippen LogP contribution < -0.4 is 10.1 Å². The molecule has 0 spiro atoms. The Hall–Kier alpha value is -2.08. The zero-order valence-electron chi connectivity index (χ0n) is 13.6. The normalized spacial score (nSPS) is 21.2. The maximum Gasteiger partial charge on any atom is 0.326 e. The van der Waals surface area contributed by atoms with Crippen LogP contribution in [0.25, 0.3) is 0 Å². The minimum Gasteiger partial charge on any atom is -0.491 e. The van der Waals surface area contributed by atoms with Gasteiger partial charge < -0.3 is 19.9 Å². The van der Waals surface area contributed by atoms with E-state index in [1.807, 2.05) is 0 Å². The number of carbonyl (C=O) groups excluding carboxylic acids is 1. The lowest BCUT2D eigenvalue weighted by Crippen LogP contribution is -2.41. The molecule has 0 aromatic heterocycles. The first-order valence-electron chi connectivity index (χ1n) is 8.50. The van der Waals surface area contributed by atoms with E-state index in [0.717, 1.165) is 32.3 Å². The second-order valence-corrected chi connectivity index (χ2v) is 6.51. The van der Waals surface area contributed by atoms with Crippen molar-refractivity contribution in [1.29, 1.82) is 0 Å². The molecule has 0 radical (unpaired) electrons. The lowest BCUT2D eigenvalue weighted by Gasteiger charge is -2.15. The topological polar surface area (TPSA) is 84.9 Å². The number of nitrogens with one attached hydrogen (secondary N) is 1. The lowest BCUT2D eigenvalue weighted by molar-refractivity contribution is -0.139. The zero-order valence-corrected chi connectivity index (χ0v) is 13.6. The van der Waals surface area contributed by atoms with Gasteiger partial charge in [0, 0.05) is 12.2 Å². The van der Waals surface area contributed by atoms with E-state index < -0.39 is 12.0 Å². The van der Waals surface area contributed by atoms with E-state index in [4.69, 9.17) is 9.47 Å². The number of ether oxygens (including phenoxy) is 2. The Morgan fingerprint density at radius 3 is 2.58 bits per heavy atom. The van der Waals surface area contributed by atoms with E-state index in [1.54, 1.807) is 24.3 Å². The number of benzene rings is 1. The molecule has 6 heteroatoms. The monoisotopic (exact) mass is 333 g/mol. The van der Waals surface area contributed by atoms with Crippen LogP contribution in [0.3, 0.4) is 0 Å². The number of hydrogen-bond acceptors (Lipinski definition) is 4. The molecular weight excluding hydrogens is 310 g/mol. The van der Waals surface area contributed by atoms with Gasteiger partial charge in [-0.2, -0.15) is 0 Å². The number of hydrogen-bond donors (Lipinski definition) is 2. The fraction of sp³-hybridized carbons (Fsp3) is 0.556. The first-order chi connectivity index (χ1) is 11.6. The predicted molar refractivity (Wildman–Crippen MR) is 87.1 cm³/mol. The molecule has 2 fully saturated rings. The predicted octanol–water partition coefficient (Wildman–Crippen LogP) is 2.23. The van der Waals surface area contributed by atoms with Crippen molar-refractivity contribution in [3.8, 4) is 5.75 Å². The second-order valence-electron chi connectivity index (χ2n) is 6.51. The Bertz CT molecular complexity index is 576. The third-order valence-corrected chi connectivity index (χ3v) is 4.45. The van der Waals surface area contributed by atoms with Crippen molar-refractivity contribution in [3.63, 3.8) is 0 Å². The van der Waals surface area contributed by atoms with E-state index in [1.165, 1.54) is 0 Å². The first kappa shape index (κ1) is 16.8. The van der Waals surface area contributed by atoms with Gasteiger partial charge in [-0.25, -0.2) is 4.79 Å². The quantitative estimate of drug-likeness (QED) is 0.762. The van der Waals surface area contributed by atoms with Crippen LogP contribution in [0.5, 0.6) is 5.75 Å². The smallest absolute Gasteiger partial charge is 0.326 e. The molecule has 1 amide bonds. The van der Waals surface area contributed by atoms with Crippen LogP contribution in [0.2, 0.25) is 0 Å². The van der Waals surface area contributed by atoms with Crippen molar-refractivity contribution >= 4 is 11.9 Å². The highest BCUT2D eigenvalue weighted by atomic mass is 16.5. The zero-order chi connectivity index (χ0) is 16.9. The van der Waals surface area contributed by atoms with E-state index in [2.05, 4.69) is 5.32 Å². The summed E-state index contributed by atoms with van der Waals surface area (Å²) in [6, 6.07) is 5.92. The van der Waals surface area contributed by atoms with Crippen molar-refractivity contribution in [2.75, 3.05) is 13.2 Å². The molecule has 2 atom stereocenters. The number of carbonyl (C=O) groups is 2. The number of carboxylic acids is 1. The molecule has 0 bridgehead atoms. The number of carboxylic acid groups (broad SMARTS) is 1. The highest BCUT2D eigenvalue weighted by Crippen LogP contribution is 2.33. The minimum absolute atomic E-state index is 0.145. The summed E-state index contributed by atoms with van der Waals surface area (Å²) >= 11 is 0. The van der Waals surface area contributed by atoms with Crippen LogP contribution in [-0.2, 0) is 9.53 Å². The summed E-state index contributed by atoms with van der Waals surface area (Å²) in [7, 11) is 0. The Labute approximate surface area is 141 Å². The van der Waals surface area contributed by atoms with Crippen molar-refractivity contribution in [3.05, 3.63) is 29.8 Å². The molecule has 1 aromatic rings. The molecular formula is C18H23NO5. The summed E-state index contributed by atoms with van der Waals surface area (Å²) in [6.45, 7) is 1.30. The van der Waals surface area contributed by atoms with E-state index >= 15 is 0 Å². The van der Waals surface area contributed by atoms with Crippen molar-refractivity contribution in [2.45, 2.75) is 44.2 Å². The van der Waals surface area contributed by atoms with Crippen molar-refractivity contribution in [1.82, 2.24) is 5.32 Å². The Morgan fingerprint density at radius 2 is 2.00 bits per heavy atom. The van der Waals surface area contributed by atoms with Gasteiger partial charge >= 0.3 is 5.97 Å². The van der Waals surface area contributed by atoms with E-state index in [0.29, 0.717) is 30.3 Å². The largest absolute Gasteiger partial charge is 0.491 e. The Balaban J connectivity index is 1.51. The molecule has 1 aromatic carbocycles. The summed E-state index contributed by atoms with van der Waals surface area (Å²) < 4.78 is 11.1. The van der Waals surface area contributed by atoms with Gasteiger partial charge in [0.2, 0.25) is 0 Å². The first-order valence-corrected chi connectivity index (χ1v) is 8.50. The standard InChI is InChI=1S/C18H23NO5/c20-17(19-16(18(21)22)10-12-3-4-12)13-5-7-14(8-6-13)24-11-15-2-1-9-23-15/h5-8,12,15-16H,1-4,9-11H2,(H,19,20)(H,21,22). The molecule has 24 heavy (non-hydrogen) atoms. The fourth-order valence-electron chi connectivity index (χ4n) is 2.82. The molecule has 2 aliphatic rings. The minimum atomic E-state index is -0.980.